The quantitative estimate of drug-likeness (QED) is 0.613. The van der Waals surface area contributed by atoms with Crippen LogP contribution in [0.1, 0.15) is 16.1 Å². The van der Waals surface area contributed by atoms with Crippen LogP contribution in [0.5, 0.6) is 0 Å². The molecule has 0 unspecified atom stereocenters. The molecule has 4 aromatic rings. The molecule has 118 valence electrons. The first-order valence-electron chi connectivity index (χ1n) is 7.27. The zero-order valence-corrected chi connectivity index (χ0v) is 13.5. The number of fused-ring (bicyclic) bond motifs is 1. The van der Waals surface area contributed by atoms with Gasteiger partial charge in [0.2, 0.25) is 10.9 Å². The molecule has 7 heteroatoms. The molecule has 24 heavy (non-hydrogen) atoms. The highest BCUT2D eigenvalue weighted by Gasteiger charge is 2.18. The van der Waals surface area contributed by atoms with Crippen LogP contribution in [-0.4, -0.2) is 21.3 Å². The van der Waals surface area contributed by atoms with Crippen LogP contribution in [0, 0.1) is 6.92 Å². The zero-order valence-electron chi connectivity index (χ0n) is 12.7. The zero-order chi connectivity index (χ0) is 16.5. The summed E-state index contributed by atoms with van der Waals surface area (Å²) in [6.07, 6.45) is 0. The summed E-state index contributed by atoms with van der Waals surface area (Å²) < 4.78 is 5.15. The molecule has 0 atom stereocenters. The highest BCUT2D eigenvalue weighted by molar-refractivity contribution is 7.18. The van der Waals surface area contributed by atoms with Crippen LogP contribution >= 0.6 is 11.3 Å². The number of hydrogen-bond donors (Lipinski definition) is 1. The van der Waals surface area contributed by atoms with Crippen molar-refractivity contribution < 1.29 is 9.32 Å². The van der Waals surface area contributed by atoms with Gasteiger partial charge in [-0.3, -0.25) is 10.1 Å². The Kier molecular flexibility index (Phi) is 3.55. The van der Waals surface area contributed by atoms with Crippen LogP contribution in [0.4, 0.5) is 5.13 Å². The summed E-state index contributed by atoms with van der Waals surface area (Å²) in [6, 6.07) is 15.2. The average Bonchev–Trinajstić information content (AvgIpc) is 3.22. The van der Waals surface area contributed by atoms with E-state index in [1.165, 1.54) is 11.3 Å². The van der Waals surface area contributed by atoms with Crippen LogP contribution < -0.4 is 5.32 Å². The van der Waals surface area contributed by atoms with Gasteiger partial charge >= 0.3 is 0 Å². The Balaban J connectivity index is 1.60. The van der Waals surface area contributed by atoms with Gasteiger partial charge in [-0.1, -0.05) is 52.9 Å². The van der Waals surface area contributed by atoms with E-state index in [9.17, 15) is 4.79 Å². The Morgan fingerprint density at radius 2 is 1.88 bits per heavy atom. The Labute approximate surface area is 141 Å². The van der Waals surface area contributed by atoms with E-state index in [1.807, 2.05) is 43.3 Å². The molecule has 2 heterocycles. The molecule has 0 aliphatic rings. The van der Waals surface area contributed by atoms with E-state index < -0.39 is 5.91 Å². The number of aromatic nitrogens is 3. The van der Waals surface area contributed by atoms with Crippen molar-refractivity contribution >= 4 is 33.3 Å². The van der Waals surface area contributed by atoms with Crippen molar-refractivity contribution in [3.05, 3.63) is 59.9 Å². The average molecular weight is 336 g/mol. The normalized spacial score (nSPS) is 10.9. The molecule has 4 rings (SSSR count). The van der Waals surface area contributed by atoms with Crippen LogP contribution in [0.3, 0.4) is 0 Å². The highest BCUT2D eigenvalue weighted by Crippen LogP contribution is 2.29. The topological polar surface area (TPSA) is 80.9 Å². The maximum atomic E-state index is 12.4. The van der Waals surface area contributed by atoms with Crippen molar-refractivity contribution in [1.29, 1.82) is 0 Å². The van der Waals surface area contributed by atoms with E-state index in [1.54, 1.807) is 12.1 Å². The molecule has 0 radical (unpaired) electrons. The molecule has 0 saturated carbocycles. The van der Waals surface area contributed by atoms with Gasteiger partial charge in [-0.05, 0) is 24.6 Å². The number of benzene rings is 2. The van der Waals surface area contributed by atoms with Gasteiger partial charge in [0.25, 0.3) is 5.91 Å². The molecule has 0 aliphatic carbocycles. The van der Waals surface area contributed by atoms with E-state index in [0.29, 0.717) is 16.0 Å². The van der Waals surface area contributed by atoms with Crippen molar-refractivity contribution in [2.24, 2.45) is 0 Å². The van der Waals surface area contributed by atoms with Crippen molar-refractivity contribution in [3.63, 3.8) is 0 Å². The third kappa shape index (κ3) is 2.55. The predicted molar refractivity (Wildman–Crippen MR) is 92.0 cm³/mol. The first-order valence-corrected chi connectivity index (χ1v) is 8.09. The fraction of sp³-hybridized carbons (Fsp3) is 0.0588. The van der Waals surface area contributed by atoms with Gasteiger partial charge in [-0.2, -0.15) is 0 Å². The maximum absolute atomic E-state index is 12.4. The fourth-order valence-electron chi connectivity index (χ4n) is 2.40. The lowest BCUT2D eigenvalue weighted by molar-refractivity contribution is 0.0990. The predicted octanol–water partition coefficient (Wildman–Crippen LogP) is 3.91. The van der Waals surface area contributed by atoms with Crippen LogP contribution in [-0.2, 0) is 0 Å². The van der Waals surface area contributed by atoms with Gasteiger partial charge in [0, 0.05) is 5.56 Å². The Bertz CT molecular complexity index is 1040. The Morgan fingerprint density at radius 1 is 1.08 bits per heavy atom. The molecule has 1 amide bonds. The molecule has 2 aromatic carbocycles. The first-order chi connectivity index (χ1) is 11.7. The van der Waals surface area contributed by atoms with E-state index in [4.69, 9.17) is 4.52 Å². The number of amides is 1. The standard InChI is InChI=1S/C17H12N4O2S/c1-10-6-2-3-7-11(10)16-19-20-17(24-16)18-15(22)14-12-8-4-5-9-13(12)21-23-14/h2-9H,1H3,(H,18,20,22). The van der Waals surface area contributed by atoms with E-state index in [0.717, 1.165) is 16.1 Å². The molecule has 1 N–H and O–H groups in total. The van der Waals surface area contributed by atoms with Crippen molar-refractivity contribution in [2.75, 3.05) is 5.32 Å². The van der Waals surface area contributed by atoms with Gasteiger partial charge < -0.3 is 4.52 Å². The van der Waals surface area contributed by atoms with Crippen molar-refractivity contribution in [1.82, 2.24) is 15.4 Å². The molecule has 0 bridgehead atoms. The largest absolute Gasteiger partial charge is 0.350 e. The number of anilines is 1. The molecule has 0 spiro atoms. The minimum absolute atomic E-state index is 0.165. The van der Waals surface area contributed by atoms with E-state index >= 15 is 0 Å². The van der Waals surface area contributed by atoms with Gasteiger partial charge in [0.05, 0.1) is 5.39 Å². The van der Waals surface area contributed by atoms with Crippen molar-refractivity contribution in [2.45, 2.75) is 6.92 Å². The van der Waals surface area contributed by atoms with E-state index in [-0.39, 0.29) is 5.76 Å². The summed E-state index contributed by atoms with van der Waals surface area (Å²) in [5.41, 5.74) is 2.74. The second kappa shape index (κ2) is 5.86. The number of aryl methyl sites for hydroxylation is 1. The summed E-state index contributed by atoms with van der Waals surface area (Å²) in [6.45, 7) is 2.01. The van der Waals surface area contributed by atoms with Gasteiger partial charge in [-0.15, -0.1) is 10.2 Å². The highest BCUT2D eigenvalue weighted by atomic mass is 32.1. The monoisotopic (exact) mass is 336 g/mol. The molecule has 2 aromatic heterocycles. The number of nitrogens with zero attached hydrogens (tertiary/aromatic N) is 3. The molecule has 0 aliphatic heterocycles. The SMILES string of the molecule is Cc1ccccc1-c1nnc(NC(=O)c2onc3ccccc23)s1. The number of carbonyl (C=O) groups excluding carboxylic acids is 1. The van der Waals surface area contributed by atoms with Crippen LogP contribution in [0.2, 0.25) is 0 Å². The van der Waals surface area contributed by atoms with Gasteiger partial charge in [0.1, 0.15) is 10.5 Å². The molecular formula is C17H12N4O2S. The van der Waals surface area contributed by atoms with Crippen LogP contribution in [0.25, 0.3) is 21.5 Å². The molecule has 0 saturated heterocycles. The summed E-state index contributed by atoms with van der Waals surface area (Å²) in [7, 11) is 0. The minimum Gasteiger partial charge on any atom is -0.350 e. The fourth-order valence-corrected chi connectivity index (χ4v) is 3.23. The molecule has 6 nitrogen and oxygen atoms in total. The lowest BCUT2D eigenvalue weighted by Crippen LogP contribution is -2.11. The third-order valence-electron chi connectivity index (χ3n) is 3.61. The van der Waals surface area contributed by atoms with Gasteiger partial charge in [0.15, 0.2) is 0 Å². The molecule has 0 fully saturated rings. The van der Waals surface area contributed by atoms with Crippen LogP contribution in [0.15, 0.2) is 53.1 Å². The summed E-state index contributed by atoms with van der Waals surface area (Å²) in [5, 5.41) is 16.6. The second-order valence-corrected chi connectivity index (χ2v) is 6.19. The second-order valence-electron chi connectivity index (χ2n) is 5.21. The summed E-state index contributed by atoms with van der Waals surface area (Å²) in [4.78, 5) is 12.4. The Hall–Kier alpha value is -3.06. The van der Waals surface area contributed by atoms with Gasteiger partial charge in [-0.25, -0.2) is 0 Å². The first kappa shape index (κ1) is 14.5. The lowest BCUT2D eigenvalue weighted by Gasteiger charge is -1.99. The number of rotatable bonds is 3. The number of carbonyl (C=O) groups is 1. The minimum atomic E-state index is -0.392. The summed E-state index contributed by atoms with van der Waals surface area (Å²) >= 11 is 1.31. The lowest BCUT2D eigenvalue weighted by atomic mass is 10.1. The Morgan fingerprint density at radius 3 is 2.75 bits per heavy atom. The number of hydrogen-bond acceptors (Lipinski definition) is 6. The number of nitrogens with one attached hydrogen (secondary N) is 1. The molecular weight excluding hydrogens is 324 g/mol. The van der Waals surface area contributed by atoms with Crippen molar-refractivity contribution in [3.8, 4) is 10.6 Å². The van der Waals surface area contributed by atoms with E-state index in [2.05, 4.69) is 20.7 Å². The summed E-state index contributed by atoms with van der Waals surface area (Å²) in [5.74, 6) is -0.227. The maximum Gasteiger partial charge on any atom is 0.296 e. The smallest absolute Gasteiger partial charge is 0.296 e. The third-order valence-corrected chi connectivity index (χ3v) is 4.48.